The summed E-state index contributed by atoms with van der Waals surface area (Å²) in [4.78, 5) is 4.35. The first-order valence-corrected chi connectivity index (χ1v) is 7.10. The van der Waals surface area contributed by atoms with E-state index >= 15 is 0 Å². The van der Waals surface area contributed by atoms with Crippen molar-refractivity contribution in [3.8, 4) is 0 Å². The van der Waals surface area contributed by atoms with Gasteiger partial charge in [-0.2, -0.15) is 0 Å². The van der Waals surface area contributed by atoms with Gasteiger partial charge in [0.25, 0.3) is 0 Å². The van der Waals surface area contributed by atoms with Crippen LogP contribution in [-0.2, 0) is 10.0 Å². The van der Waals surface area contributed by atoms with Crippen molar-refractivity contribution < 1.29 is 8.42 Å². The van der Waals surface area contributed by atoms with Crippen molar-refractivity contribution in [3.63, 3.8) is 0 Å². The van der Waals surface area contributed by atoms with Gasteiger partial charge >= 0.3 is 0 Å². The average molecular weight is 348 g/mol. The molecule has 84 valence electrons. The highest BCUT2D eigenvalue weighted by atomic mass is 127. The third-order valence-electron chi connectivity index (χ3n) is 2.28. The van der Waals surface area contributed by atoms with Gasteiger partial charge in [-0.15, -0.1) is 0 Å². The summed E-state index contributed by atoms with van der Waals surface area (Å²) in [5, 5.41) is 5.74. The normalized spacial score (nSPS) is 11.9. The Labute approximate surface area is 107 Å². The van der Waals surface area contributed by atoms with Crippen molar-refractivity contribution in [2.45, 2.75) is 11.8 Å². The van der Waals surface area contributed by atoms with Crippen molar-refractivity contribution >= 4 is 43.5 Å². The summed E-state index contributed by atoms with van der Waals surface area (Å²) in [5.74, 6) is 0. The molecule has 0 aliphatic carbocycles. The molecule has 1 aromatic carbocycles. The molecule has 0 aliphatic rings. The lowest BCUT2D eigenvalue weighted by atomic mass is 10.1. The number of pyridine rings is 1. The maximum Gasteiger partial charge on any atom is 0.238 e. The predicted octanol–water partition coefficient (Wildman–Crippen LogP) is 1.80. The molecule has 0 unspecified atom stereocenters. The van der Waals surface area contributed by atoms with Gasteiger partial charge < -0.3 is 0 Å². The number of hydrogen-bond donors (Lipinski definition) is 1. The SMILES string of the molecule is Cc1ccc(S(N)(=O)=O)c2cc(I)cnc12. The number of hydrogen-bond acceptors (Lipinski definition) is 3. The van der Waals surface area contributed by atoms with Gasteiger partial charge in [-0.1, -0.05) is 6.07 Å². The number of rotatable bonds is 1. The van der Waals surface area contributed by atoms with Crippen LogP contribution in [0.1, 0.15) is 5.56 Å². The van der Waals surface area contributed by atoms with Gasteiger partial charge in [0, 0.05) is 15.2 Å². The van der Waals surface area contributed by atoms with E-state index in [2.05, 4.69) is 27.6 Å². The molecule has 0 saturated heterocycles. The highest BCUT2D eigenvalue weighted by Gasteiger charge is 2.14. The lowest BCUT2D eigenvalue weighted by molar-refractivity contribution is 0.598. The summed E-state index contributed by atoms with van der Waals surface area (Å²) in [7, 11) is -3.71. The van der Waals surface area contributed by atoms with Crippen molar-refractivity contribution in [1.29, 1.82) is 0 Å². The summed E-state index contributed by atoms with van der Waals surface area (Å²) in [5.41, 5.74) is 1.60. The molecule has 2 aromatic rings. The second kappa shape index (κ2) is 3.94. The smallest absolute Gasteiger partial charge is 0.238 e. The number of fused-ring (bicyclic) bond motifs is 1. The van der Waals surface area contributed by atoms with E-state index in [0.717, 1.165) is 9.13 Å². The third-order valence-corrected chi connectivity index (χ3v) is 3.84. The van der Waals surface area contributed by atoms with E-state index in [4.69, 9.17) is 5.14 Å². The fraction of sp³-hybridized carbons (Fsp3) is 0.100. The summed E-state index contributed by atoms with van der Waals surface area (Å²) >= 11 is 2.09. The summed E-state index contributed by atoms with van der Waals surface area (Å²) in [6.07, 6.45) is 1.70. The van der Waals surface area contributed by atoms with Gasteiger partial charge in [0.2, 0.25) is 10.0 Å². The largest absolute Gasteiger partial charge is 0.255 e. The van der Waals surface area contributed by atoms with E-state index in [9.17, 15) is 8.42 Å². The van der Waals surface area contributed by atoms with Gasteiger partial charge in [-0.25, -0.2) is 13.6 Å². The van der Waals surface area contributed by atoms with Crippen molar-refractivity contribution in [2.24, 2.45) is 5.14 Å². The number of nitrogens with zero attached hydrogens (tertiary/aromatic N) is 1. The monoisotopic (exact) mass is 348 g/mol. The number of aromatic nitrogens is 1. The Morgan fingerprint density at radius 2 is 2.06 bits per heavy atom. The first-order valence-electron chi connectivity index (χ1n) is 4.47. The molecular weight excluding hydrogens is 339 g/mol. The minimum Gasteiger partial charge on any atom is -0.255 e. The van der Waals surface area contributed by atoms with E-state index in [1.54, 1.807) is 18.3 Å². The number of benzene rings is 1. The summed E-state index contributed by atoms with van der Waals surface area (Å²) in [6.45, 7) is 1.88. The molecular formula is C10H9IN2O2S. The minimum absolute atomic E-state index is 0.124. The molecule has 0 atom stereocenters. The number of nitrogens with two attached hydrogens (primary N) is 1. The molecule has 6 heteroatoms. The molecule has 0 bridgehead atoms. The first-order chi connectivity index (χ1) is 7.39. The Bertz CT molecular complexity index is 668. The number of aryl methyl sites for hydroxylation is 1. The van der Waals surface area contributed by atoms with Crippen LogP contribution in [-0.4, -0.2) is 13.4 Å². The van der Waals surface area contributed by atoms with E-state index in [-0.39, 0.29) is 4.90 Å². The van der Waals surface area contributed by atoms with E-state index in [1.807, 2.05) is 6.92 Å². The molecule has 0 saturated carbocycles. The van der Waals surface area contributed by atoms with Crippen LogP contribution in [0.2, 0.25) is 0 Å². The third kappa shape index (κ3) is 2.04. The fourth-order valence-corrected chi connectivity index (χ4v) is 2.73. The topological polar surface area (TPSA) is 73.1 Å². The standard InChI is InChI=1S/C10H9IN2O2S/c1-6-2-3-9(16(12,14)15)8-4-7(11)5-13-10(6)8/h2-5H,1H3,(H2,12,14,15). The summed E-state index contributed by atoms with van der Waals surface area (Å²) in [6, 6.07) is 5.00. The zero-order valence-corrected chi connectivity index (χ0v) is 11.4. The van der Waals surface area contributed by atoms with E-state index in [1.165, 1.54) is 6.07 Å². The van der Waals surface area contributed by atoms with Crippen molar-refractivity contribution in [1.82, 2.24) is 4.98 Å². The molecule has 4 nitrogen and oxygen atoms in total. The Balaban J connectivity index is 2.98. The number of primary sulfonamides is 1. The second-order valence-corrected chi connectivity index (χ2v) is 6.25. The molecule has 16 heavy (non-hydrogen) atoms. The van der Waals surface area contributed by atoms with Crippen molar-refractivity contribution in [2.75, 3.05) is 0 Å². The van der Waals surface area contributed by atoms with Crippen LogP contribution < -0.4 is 5.14 Å². The van der Waals surface area contributed by atoms with Crippen LogP contribution in [0.5, 0.6) is 0 Å². The highest BCUT2D eigenvalue weighted by Crippen LogP contribution is 2.24. The number of halogens is 1. The van der Waals surface area contributed by atoms with Crippen LogP contribution >= 0.6 is 22.6 Å². The molecule has 2 rings (SSSR count). The maximum atomic E-state index is 11.4. The lowest BCUT2D eigenvalue weighted by Crippen LogP contribution is -2.13. The second-order valence-electron chi connectivity index (χ2n) is 3.48. The van der Waals surface area contributed by atoms with Crippen LogP contribution in [0, 0.1) is 10.5 Å². The van der Waals surface area contributed by atoms with E-state index < -0.39 is 10.0 Å². The van der Waals surface area contributed by atoms with E-state index in [0.29, 0.717) is 10.9 Å². The van der Waals surface area contributed by atoms with Crippen LogP contribution in [0.3, 0.4) is 0 Å². The maximum absolute atomic E-state index is 11.4. The fourth-order valence-electron chi connectivity index (χ4n) is 1.56. The Hall–Kier alpha value is -0.730. The minimum atomic E-state index is -3.71. The van der Waals surface area contributed by atoms with Crippen LogP contribution in [0.15, 0.2) is 29.3 Å². The first kappa shape index (κ1) is 11.7. The Morgan fingerprint density at radius 1 is 1.38 bits per heavy atom. The van der Waals surface area contributed by atoms with Crippen LogP contribution in [0.25, 0.3) is 10.9 Å². The van der Waals surface area contributed by atoms with Gasteiger partial charge in [0.05, 0.1) is 10.4 Å². The molecule has 0 spiro atoms. The number of sulfonamides is 1. The highest BCUT2D eigenvalue weighted by molar-refractivity contribution is 14.1. The zero-order valence-electron chi connectivity index (χ0n) is 8.44. The Morgan fingerprint density at radius 3 is 2.69 bits per heavy atom. The van der Waals surface area contributed by atoms with Gasteiger partial charge in [0.15, 0.2) is 0 Å². The predicted molar refractivity (Wildman–Crippen MR) is 70.6 cm³/mol. The van der Waals surface area contributed by atoms with Crippen molar-refractivity contribution in [3.05, 3.63) is 33.5 Å². The van der Waals surface area contributed by atoms with Gasteiger partial charge in [-0.05, 0) is 47.2 Å². The molecule has 0 fully saturated rings. The zero-order chi connectivity index (χ0) is 11.9. The molecule has 1 heterocycles. The Kier molecular flexibility index (Phi) is 2.89. The van der Waals surface area contributed by atoms with Crippen LogP contribution in [0.4, 0.5) is 0 Å². The molecule has 0 radical (unpaired) electrons. The summed E-state index contributed by atoms with van der Waals surface area (Å²) < 4.78 is 23.7. The molecule has 0 aliphatic heterocycles. The molecule has 2 N–H and O–H groups in total. The molecule has 1 aromatic heterocycles. The van der Waals surface area contributed by atoms with Gasteiger partial charge in [-0.3, -0.25) is 4.98 Å². The lowest BCUT2D eigenvalue weighted by Gasteiger charge is -2.06. The van der Waals surface area contributed by atoms with Gasteiger partial charge in [0.1, 0.15) is 0 Å². The molecule has 0 amide bonds. The average Bonchev–Trinajstić information content (AvgIpc) is 2.15. The quantitative estimate of drug-likeness (QED) is 0.799.